The molecule has 116 valence electrons. The van der Waals surface area contributed by atoms with Gasteiger partial charge in [0, 0.05) is 31.4 Å². The number of hydrogen-bond donors (Lipinski definition) is 1. The van der Waals surface area contributed by atoms with Crippen LogP contribution in [0.5, 0.6) is 0 Å². The first-order valence-corrected chi connectivity index (χ1v) is 8.38. The van der Waals surface area contributed by atoms with Crippen molar-refractivity contribution in [3.8, 4) is 11.3 Å². The number of halogens is 1. The number of benzene rings is 1. The van der Waals surface area contributed by atoms with E-state index in [0.29, 0.717) is 0 Å². The number of nitrogens with one attached hydrogen (secondary N) is 1. The van der Waals surface area contributed by atoms with E-state index in [-0.39, 0.29) is 19.6 Å². The van der Waals surface area contributed by atoms with Gasteiger partial charge in [0.15, 0.2) is 0 Å². The van der Waals surface area contributed by atoms with Gasteiger partial charge in [0.25, 0.3) is 10.2 Å². The standard InChI is InChI=1S/C15H16FN3O2S/c16-14-10-19(11-14)22(20,21)18-9-12-4-3-5-13(8-12)15-6-1-2-7-17-15/h1-8,14,18H,9-11H2. The second kappa shape index (κ2) is 6.12. The lowest BCUT2D eigenvalue weighted by Crippen LogP contribution is -2.55. The molecule has 1 saturated heterocycles. The summed E-state index contributed by atoms with van der Waals surface area (Å²) in [6, 6.07) is 13.1. The average Bonchev–Trinajstić information content (AvgIpc) is 2.51. The summed E-state index contributed by atoms with van der Waals surface area (Å²) < 4.78 is 40.2. The van der Waals surface area contributed by atoms with Crippen molar-refractivity contribution in [1.82, 2.24) is 14.0 Å². The Kier molecular flexibility index (Phi) is 4.19. The fourth-order valence-corrected chi connectivity index (χ4v) is 3.47. The molecule has 1 aliphatic rings. The molecule has 1 aromatic carbocycles. The van der Waals surface area contributed by atoms with Crippen LogP contribution >= 0.6 is 0 Å². The average molecular weight is 321 g/mol. The van der Waals surface area contributed by atoms with E-state index in [1.54, 1.807) is 6.20 Å². The molecule has 0 atom stereocenters. The lowest BCUT2D eigenvalue weighted by Gasteiger charge is -2.32. The van der Waals surface area contributed by atoms with Crippen molar-refractivity contribution in [3.63, 3.8) is 0 Å². The molecule has 2 aromatic rings. The summed E-state index contributed by atoms with van der Waals surface area (Å²) in [5, 5.41) is 0. The topological polar surface area (TPSA) is 62.3 Å². The molecule has 0 bridgehead atoms. The normalized spacial score (nSPS) is 16.4. The molecule has 3 rings (SSSR count). The Bertz CT molecular complexity index is 746. The summed E-state index contributed by atoms with van der Waals surface area (Å²) in [5.74, 6) is 0. The van der Waals surface area contributed by atoms with E-state index < -0.39 is 16.4 Å². The largest absolute Gasteiger partial charge is 0.279 e. The highest BCUT2D eigenvalue weighted by atomic mass is 32.2. The van der Waals surface area contributed by atoms with E-state index in [9.17, 15) is 12.8 Å². The van der Waals surface area contributed by atoms with Crippen LogP contribution in [-0.2, 0) is 16.8 Å². The molecular formula is C15H16FN3O2S. The maximum atomic E-state index is 12.8. The summed E-state index contributed by atoms with van der Waals surface area (Å²) in [6.45, 7) is 0.0308. The van der Waals surface area contributed by atoms with Gasteiger partial charge in [0.1, 0.15) is 6.17 Å². The quantitative estimate of drug-likeness (QED) is 0.912. The van der Waals surface area contributed by atoms with Gasteiger partial charge in [-0.25, -0.2) is 4.39 Å². The Morgan fingerprint density at radius 2 is 2.05 bits per heavy atom. The molecule has 0 spiro atoms. The highest BCUT2D eigenvalue weighted by molar-refractivity contribution is 7.87. The molecule has 1 aliphatic heterocycles. The molecule has 2 heterocycles. The van der Waals surface area contributed by atoms with Gasteiger partial charge >= 0.3 is 0 Å². The molecular weight excluding hydrogens is 305 g/mol. The fraction of sp³-hybridized carbons (Fsp3) is 0.267. The molecule has 0 radical (unpaired) electrons. The van der Waals surface area contributed by atoms with Gasteiger partial charge in [-0.2, -0.15) is 17.4 Å². The summed E-state index contributed by atoms with van der Waals surface area (Å²) in [5.41, 5.74) is 2.57. The first-order valence-electron chi connectivity index (χ1n) is 6.94. The Morgan fingerprint density at radius 1 is 1.23 bits per heavy atom. The van der Waals surface area contributed by atoms with Crippen LogP contribution < -0.4 is 4.72 Å². The van der Waals surface area contributed by atoms with Crippen LogP contribution in [0.15, 0.2) is 48.7 Å². The Balaban J connectivity index is 1.69. The van der Waals surface area contributed by atoms with Crippen LogP contribution in [0.2, 0.25) is 0 Å². The van der Waals surface area contributed by atoms with Crippen LogP contribution in [0.1, 0.15) is 5.56 Å². The number of alkyl halides is 1. The summed E-state index contributed by atoms with van der Waals surface area (Å²) in [6.07, 6.45) is 0.658. The number of nitrogens with zero attached hydrogens (tertiary/aromatic N) is 2. The third-order valence-electron chi connectivity index (χ3n) is 3.49. The third-order valence-corrected chi connectivity index (χ3v) is 4.98. The smallest absolute Gasteiger partial charge is 0.256 e. The van der Waals surface area contributed by atoms with Crippen molar-refractivity contribution < 1.29 is 12.8 Å². The molecule has 1 aromatic heterocycles. The Labute approximate surface area is 129 Å². The van der Waals surface area contributed by atoms with E-state index in [4.69, 9.17) is 0 Å². The molecule has 0 aliphatic carbocycles. The van der Waals surface area contributed by atoms with E-state index in [1.165, 1.54) is 0 Å². The van der Waals surface area contributed by atoms with Crippen molar-refractivity contribution in [2.75, 3.05) is 13.1 Å². The minimum Gasteiger partial charge on any atom is -0.256 e. The van der Waals surface area contributed by atoms with Crippen LogP contribution in [-0.4, -0.2) is 37.0 Å². The van der Waals surface area contributed by atoms with Crippen molar-refractivity contribution in [2.24, 2.45) is 0 Å². The first kappa shape index (κ1) is 15.1. The molecule has 0 amide bonds. The minimum atomic E-state index is -3.60. The molecule has 22 heavy (non-hydrogen) atoms. The van der Waals surface area contributed by atoms with E-state index in [2.05, 4.69) is 9.71 Å². The molecule has 5 nitrogen and oxygen atoms in total. The maximum absolute atomic E-state index is 12.8. The fourth-order valence-electron chi connectivity index (χ4n) is 2.22. The number of pyridine rings is 1. The van der Waals surface area contributed by atoms with Crippen molar-refractivity contribution in [1.29, 1.82) is 0 Å². The highest BCUT2D eigenvalue weighted by Crippen LogP contribution is 2.19. The van der Waals surface area contributed by atoms with Gasteiger partial charge in [-0.3, -0.25) is 4.98 Å². The van der Waals surface area contributed by atoms with Gasteiger partial charge in [0.2, 0.25) is 0 Å². The van der Waals surface area contributed by atoms with Gasteiger partial charge in [-0.05, 0) is 23.8 Å². The number of hydrogen-bond acceptors (Lipinski definition) is 3. The molecule has 1 fully saturated rings. The van der Waals surface area contributed by atoms with Crippen molar-refractivity contribution in [2.45, 2.75) is 12.7 Å². The van der Waals surface area contributed by atoms with E-state index in [0.717, 1.165) is 21.1 Å². The zero-order valence-electron chi connectivity index (χ0n) is 11.8. The molecule has 1 N–H and O–H groups in total. The van der Waals surface area contributed by atoms with Gasteiger partial charge < -0.3 is 0 Å². The lowest BCUT2D eigenvalue weighted by molar-refractivity contribution is 0.140. The van der Waals surface area contributed by atoms with Crippen LogP contribution in [0.4, 0.5) is 4.39 Å². The van der Waals surface area contributed by atoms with Crippen LogP contribution in [0.3, 0.4) is 0 Å². The monoisotopic (exact) mass is 321 g/mol. The molecule has 7 heteroatoms. The summed E-state index contributed by atoms with van der Waals surface area (Å²) >= 11 is 0. The molecule has 0 unspecified atom stereocenters. The van der Waals surface area contributed by atoms with Crippen LogP contribution in [0.25, 0.3) is 11.3 Å². The number of rotatable bonds is 5. The lowest BCUT2D eigenvalue weighted by atomic mass is 10.1. The zero-order valence-corrected chi connectivity index (χ0v) is 12.6. The summed E-state index contributed by atoms with van der Waals surface area (Å²) in [4.78, 5) is 4.27. The van der Waals surface area contributed by atoms with E-state index in [1.807, 2.05) is 42.5 Å². The first-order chi connectivity index (χ1) is 10.5. The van der Waals surface area contributed by atoms with Crippen molar-refractivity contribution >= 4 is 10.2 Å². The van der Waals surface area contributed by atoms with Gasteiger partial charge in [-0.15, -0.1) is 0 Å². The SMILES string of the molecule is O=S(=O)(NCc1cccc(-c2ccccn2)c1)N1CC(F)C1. The Hall–Kier alpha value is -1.83. The highest BCUT2D eigenvalue weighted by Gasteiger charge is 2.35. The van der Waals surface area contributed by atoms with Crippen molar-refractivity contribution in [3.05, 3.63) is 54.2 Å². The van der Waals surface area contributed by atoms with Gasteiger partial charge in [0.05, 0.1) is 5.69 Å². The summed E-state index contributed by atoms with van der Waals surface area (Å²) in [7, 11) is -3.60. The molecule has 0 saturated carbocycles. The predicted molar refractivity (Wildman–Crippen MR) is 81.9 cm³/mol. The van der Waals surface area contributed by atoms with Crippen LogP contribution in [0, 0.1) is 0 Å². The Morgan fingerprint density at radius 3 is 2.73 bits per heavy atom. The predicted octanol–water partition coefficient (Wildman–Crippen LogP) is 1.74. The zero-order chi connectivity index (χ0) is 15.6. The maximum Gasteiger partial charge on any atom is 0.279 e. The van der Waals surface area contributed by atoms with E-state index >= 15 is 0 Å². The minimum absolute atomic E-state index is 0.0662. The second-order valence-electron chi connectivity index (χ2n) is 5.16. The third kappa shape index (κ3) is 3.32. The van der Waals surface area contributed by atoms with Gasteiger partial charge in [-0.1, -0.05) is 24.3 Å². The number of aromatic nitrogens is 1. The second-order valence-corrected chi connectivity index (χ2v) is 6.91.